The van der Waals surface area contributed by atoms with E-state index in [9.17, 15) is 4.39 Å². The van der Waals surface area contributed by atoms with E-state index in [-0.39, 0.29) is 5.73 Å². The third kappa shape index (κ3) is 4.33. The Morgan fingerprint density at radius 1 is 1.19 bits per heavy atom. The van der Waals surface area contributed by atoms with Crippen LogP contribution in [0.5, 0.6) is 0 Å². The van der Waals surface area contributed by atoms with Crippen molar-refractivity contribution < 1.29 is 18.4 Å². The van der Waals surface area contributed by atoms with Gasteiger partial charge in [-0.25, -0.2) is 14.4 Å². The number of rotatable bonds is 5. The van der Waals surface area contributed by atoms with E-state index < -0.39 is 18.3 Å². The van der Waals surface area contributed by atoms with E-state index in [0.29, 0.717) is 39.1 Å². The second-order valence-corrected chi connectivity index (χ2v) is 8.03. The Hall–Kier alpha value is -1.51. The van der Waals surface area contributed by atoms with Crippen LogP contribution in [0.2, 0.25) is 0 Å². The standard InChI is InChI=1S/C19H29BFN3O3/c1-6-25-12-15-11-16(23-13-22-15)24-9-7-14(8-10-24)17(21)20-26-18(2,3)19(4,5)27-20/h11,13H,6-10,12H2,1-5H3. The van der Waals surface area contributed by atoms with E-state index in [1.54, 1.807) is 6.33 Å². The quantitative estimate of drug-likeness (QED) is 0.733. The molecule has 0 unspecified atom stereocenters. The van der Waals surface area contributed by atoms with Gasteiger partial charge in [-0.05, 0) is 53.0 Å². The molecule has 3 heterocycles. The molecule has 0 bridgehead atoms. The monoisotopic (exact) mass is 377 g/mol. The summed E-state index contributed by atoms with van der Waals surface area (Å²) in [5.41, 5.74) is 0.288. The summed E-state index contributed by atoms with van der Waals surface area (Å²) in [6.07, 6.45) is 2.81. The smallest absolute Gasteiger partial charge is 0.398 e. The minimum atomic E-state index is -0.909. The van der Waals surface area contributed by atoms with Gasteiger partial charge < -0.3 is 18.9 Å². The first-order valence-electron chi connectivity index (χ1n) is 9.60. The largest absolute Gasteiger partial charge is 0.525 e. The van der Waals surface area contributed by atoms with E-state index in [4.69, 9.17) is 14.0 Å². The fraction of sp³-hybridized carbons (Fsp3) is 0.684. The van der Waals surface area contributed by atoms with Crippen molar-refractivity contribution >= 4 is 12.9 Å². The van der Waals surface area contributed by atoms with Gasteiger partial charge >= 0.3 is 7.12 Å². The van der Waals surface area contributed by atoms with Gasteiger partial charge in [0.1, 0.15) is 17.9 Å². The molecule has 0 amide bonds. The average molecular weight is 377 g/mol. The van der Waals surface area contributed by atoms with Gasteiger partial charge in [-0.1, -0.05) is 0 Å². The van der Waals surface area contributed by atoms with Crippen LogP contribution in [-0.4, -0.2) is 48.0 Å². The first-order chi connectivity index (χ1) is 12.7. The lowest BCUT2D eigenvalue weighted by molar-refractivity contribution is 0.00578. The van der Waals surface area contributed by atoms with Crippen LogP contribution in [0.1, 0.15) is 53.2 Å². The topological polar surface area (TPSA) is 56.7 Å². The highest BCUT2D eigenvalue weighted by Crippen LogP contribution is 2.40. The number of halogens is 1. The normalized spacial score (nSPS) is 21.6. The maximum atomic E-state index is 15.0. The Labute approximate surface area is 161 Å². The molecule has 0 spiro atoms. The SMILES string of the molecule is CCOCc1cc(N2CCC(=C(F)B3OC(C)(C)C(C)(C)O3)CC2)ncn1. The Morgan fingerprint density at radius 2 is 1.81 bits per heavy atom. The average Bonchev–Trinajstić information content (AvgIpc) is 2.87. The zero-order chi connectivity index (χ0) is 19.7. The lowest BCUT2D eigenvalue weighted by Gasteiger charge is -2.32. The van der Waals surface area contributed by atoms with Gasteiger partial charge in [0.15, 0.2) is 0 Å². The molecule has 0 radical (unpaired) electrons. The molecule has 27 heavy (non-hydrogen) atoms. The fourth-order valence-corrected chi connectivity index (χ4v) is 3.20. The minimum Gasteiger partial charge on any atom is -0.398 e. The highest BCUT2D eigenvalue weighted by molar-refractivity contribution is 6.53. The number of aromatic nitrogens is 2. The van der Waals surface area contributed by atoms with E-state index in [2.05, 4.69) is 14.9 Å². The molecule has 1 aromatic heterocycles. The van der Waals surface area contributed by atoms with Crippen molar-refractivity contribution in [2.45, 2.75) is 65.3 Å². The second kappa shape index (κ2) is 7.85. The molecule has 6 nitrogen and oxygen atoms in total. The van der Waals surface area contributed by atoms with Gasteiger partial charge in [-0.15, -0.1) is 0 Å². The third-order valence-electron chi connectivity index (χ3n) is 5.65. The molecule has 3 rings (SSSR count). The molecule has 0 N–H and O–H groups in total. The van der Waals surface area contributed by atoms with Crippen molar-refractivity contribution in [1.82, 2.24) is 9.97 Å². The molecule has 8 heteroatoms. The van der Waals surface area contributed by atoms with Crippen molar-refractivity contribution in [3.8, 4) is 0 Å². The number of anilines is 1. The van der Waals surface area contributed by atoms with Gasteiger partial charge in [0, 0.05) is 25.8 Å². The van der Waals surface area contributed by atoms with Gasteiger partial charge in [-0.2, -0.15) is 0 Å². The van der Waals surface area contributed by atoms with Crippen molar-refractivity contribution in [1.29, 1.82) is 0 Å². The first-order valence-corrected chi connectivity index (χ1v) is 9.60. The molecule has 0 saturated carbocycles. The van der Waals surface area contributed by atoms with Crippen LogP contribution in [0, 0.1) is 0 Å². The van der Waals surface area contributed by atoms with E-state index in [1.807, 2.05) is 40.7 Å². The molecular formula is C19H29BFN3O3. The van der Waals surface area contributed by atoms with Crippen LogP contribution >= 0.6 is 0 Å². The summed E-state index contributed by atoms with van der Waals surface area (Å²) in [7, 11) is -0.909. The molecule has 148 valence electrons. The lowest BCUT2D eigenvalue weighted by Crippen LogP contribution is -2.41. The van der Waals surface area contributed by atoms with Gasteiger partial charge in [0.25, 0.3) is 0 Å². The maximum Gasteiger partial charge on any atom is 0.525 e. The van der Waals surface area contributed by atoms with E-state index >= 15 is 0 Å². The summed E-state index contributed by atoms with van der Waals surface area (Å²) in [6.45, 7) is 12.2. The number of nitrogens with zero attached hydrogens (tertiary/aromatic N) is 3. The van der Waals surface area contributed by atoms with Gasteiger partial charge in [0.2, 0.25) is 0 Å². The van der Waals surface area contributed by atoms with Crippen LogP contribution < -0.4 is 4.90 Å². The van der Waals surface area contributed by atoms with Crippen LogP contribution in [0.3, 0.4) is 0 Å². The third-order valence-corrected chi connectivity index (χ3v) is 5.65. The zero-order valence-electron chi connectivity index (χ0n) is 16.9. The first kappa shape index (κ1) is 20.2. The fourth-order valence-electron chi connectivity index (χ4n) is 3.20. The van der Waals surface area contributed by atoms with Crippen molar-refractivity contribution in [3.63, 3.8) is 0 Å². The minimum absolute atomic E-state index is 0.270. The Morgan fingerprint density at radius 3 is 2.41 bits per heavy atom. The summed E-state index contributed by atoms with van der Waals surface area (Å²) in [5, 5.41) is 0. The van der Waals surface area contributed by atoms with Crippen molar-refractivity contribution in [3.05, 3.63) is 29.4 Å². The second-order valence-electron chi connectivity index (χ2n) is 8.03. The number of ether oxygens (including phenoxy) is 1. The highest BCUT2D eigenvalue weighted by Gasteiger charge is 2.53. The van der Waals surface area contributed by atoms with Crippen molar-refractivity contribution in [2.24, 2.45) is 0 Å². The Balaban J connectivity index is 1.64. The summed E-state index contributed by atoms with van der Waals surface area (Å²) >= 11 is 0. The number of hydrogen-bond donors (Lipinski definition) is 0. The molecule has 2 aliphatic rings. The van der Waals surface area contributed by atoms with Gasteiger partial charge in [-0.3, -0.25) is 0 Å². The predicted molar refractivity (Wildman–Crippen MR) is 103 cm³/mol. The predicted octanol–water partition coefficient (Wildman–Crippen LogP) is 3.47. The molecule has 2 saturated heterocycles. The summed E-state index contributed by atoms with van der Waals surface area (Å²) in [6, 6.07) is 1.94. The molecule has 2 aliphatic heterocycles. The van der Waals surface area contributed by atoms with Crippen LogP contribution in [0.4, 0.5) is 10.2 Å². The van der Waals surface area contributed by atoms with Crippen LogP contribution in [0.25, 0.3) is 0 Å². The highest BCUT2D eigenvalue weighted by atomic mass is 19.1. The maximum absolute atomic E-state index is 15.0. The Kier molecular flexibility index (Phi) is 5.89. The number of piperidine rings is 1. The van der Waals surface area contributed by atoms with Crippen LogP contribution in [-0.2, 0) is 20.7 Å². The van der Waals surface area contributed by atoms with Crippen LogP contribution in [0.15, 0.2) is 23.7 Å². The van der Waals surface area contributed by atoms with E-state index in [1.165, 1.54) is 0 Å². The molecule has 0 aromatic carbocycles. The molecule has 0 aliphatic carbocycles. The zero-order valence-corrected chi connectivity index (χ0v) is 16.9. The summed E-state index contributed by atoms with van der Waals surface area (Å²) in [5.74, 6) is 0.856. The number of hydrogen-bond acceptors (Lipinski definition) is 6. The van der Waals surface area contributed by atoms with E-state index in [0.717, 1.165) is 17.1 Å². The molecular weight excluding hydrogens is 348 g/mol. The summed E-state index contributed by atoms with van der Waals surface area (Å²) < 4.78 is 32.1. The Bertz CT molecular complexity index is 685. The molecule has 1 aromatic rings. The summed E-state index contributed by atoms with van der Waals surface area (Å²) in [4.78, 5) is 10.7. The lowest BCUT2D eigenvalue weighted by atomic mass is 9.82. The molecule has 2 fully saturated rings. The van der Waals surface area contributed by atoms with Gasteiger partial charge in [0.05, 0.1) is 23.5 Å². The van der Waals surface area contributed by atoms with Crippen molar-refractivity contribution in [2.75, 3.05) is 24.6 Å². The molecule has 0 atom stereocenters.